The Morgan fingerprint density at radius 1 is 1.54 bits per heavy atom. The summed E-state index contributed by atoms with van der Waals surface area (Å²) in [5, 5.41) is 9.59. The maximum absolute atomic E-state index is 12.8. The smallest absolute Gasteiger partial charge is 0.313 e. The van der Waals surface area contributed by atoms with E-state index in [4.69, 9.17) is 9.47 Å². The van der Waals surface area contributed by atoms with E-state index in [9.17, 15) is 14.7 Å². The summed E-state index contributed by atoms with van der Waals surface area (Å²) in [6, 6.07) is 3.34. The number of carboxylic acids is 1. The Hall–Kier alpha value is -2.41. The molecule has 0 aliphatic carbocycles. The van der Waals surface area contributed by atoms with E-state index in [2.05, 4.69) is 11.6 Å². The topological polar surface area (TPSA) is 89.0 Å². The lowest BCUT2D eigenvalue weighted by Crippen LogP contribution is -2.52. The van der Waals surface area contributed by atoms with Gasteiger partial charge in [-0.3, -0.25) is 9.59 Å². The molecule has 1 amide bonds. The number of methoxy groups -OCH3 is 1. The second kappa shape index (κ2) is 7.92. The van der Waals surface area contributed by atoms with E-state index in [1.807, 2.05) is 0 Å². The molecule has 1 aliphatic heterocycles. The molecule has 1 N–H and O–H groups in total. The van der Waals surface area contributed by atoms with Crippen LogP contribution >= 0.6 is 0 Å². The SMILES string of the molecule is C=CCOc1cccnc1C(=O)N1CCCC(COC)(C(=O)O)C1. The van der Waals surface area contributed by atoms with Gasteiger partial charge in [0.15, 0.2) is 11.4 Å². The average molecular weight is 334 g/mol. The molecule has 1 fully saturated rings. The Balaban J connectivity index is 2.23. The van der Waals surface area contributed by atoms with Crippen LogP contribution in [0.5, 0.6) is 5.75 Å². The molecule has 0 saturated carbocycles. The van der Waals surface area contributed by atoms with Crippen molar-refractivity contribution in [3.05, 3.63) is 36.7 Å². The first-order chi connectivity index (χ1) is 11.5. The van der Waals surface area contributed by atoms with Crippen molar-refractivity contribution in [3.63, 3.8) is 0 Å². The maximum Gasteiger partial charge on any atom is 0.313 e. The van der Waals surface area contributed by atoms with Crippen LogP contribution in [0.2, 0.25) is 0 Å². The number of carbonyl (C=O) groups excluding carboxylic acids is 1. The quantitative estimate of drug-likeness (QED) is 0.762. The molecule has 1 saturated heterocycles. The number of rotatable bonds is 7. The number of piperidine rings is 1. The molecule has 0 spiro atoms. The van der Waals surface area contributed by atoms with Crippen LogP contribution in [-0.4, -0.2) is 60.3 Å². The third kappa shape index (κ3) is 3.73. The molecule has 1 atom stereocenters. The molecule has 1 aliphatic rings. The number of amides is 1. The molecular weight excluding hydrogens is 312 g/mol. The minimum absolute atomic E-state index is 0.0636. The monoisotopic (exact) mass is 334 g/mol. The lowest BCUT2D eigenvalue weighted by molar-refractivity contribution is -0.155. The highest BCUT2D eigenvalue weighted by Gasteiger charge is 2.44. The Bertz CT molecular complexity index is 615. The van der Waals surface area contributed by atoms with E-state index in [1.54, 1.807) is 18.2 Å². The van der Waals surface area contributed by atoms with Crippen LogP contribution in [0.25, 0.3) is 0 Å². The normalized spacial score (nSPS) is 20.5. The van der Waals surface area contributed by atoms with E-state index in [0.717, 1.165) is 0 Å². The second-order valence-electron chi connectivity index (χ2n) is 5.80. The van der Waals surface area contributed by atoms with Gasteiger partial charge in [-0.15, -0.1) is 0 Å². The van der Waals surface area contributed by atoms with Gasteiger partial charge >= 0.3 is 5.97 Å². The van der Waals surface area contributed by atoms with Crippen molar-refractivity contribution in [3.8, 4) is 5.75 Å². The van der Waals surface area contributed by atoms with Gasteiger partial charge in [0.25, 0.3) is 5.91 Å². The minimum atomic E-state index is -1.08. The van der Waals surface area contributed by atoms with E-state index >= 15 is 0 Å². The van der Waals surface area contributed by atoms with Crippen molar-refractivity contribution in [2.45, 2.75) is 12.8 Å². The molecule has 1 unspecified atom stereocenters. The zero-order valence-corrected chi connectivity index (χ0v) is 13.7. The summed E-state index contributed by atoms with van der Waals surface area (Å²) in [5.74, 6) is -0.928. The molecule has 2 rings (SSSR count). The summed E-state index contributed by atoms with van der Waals surface area (Å²) >= 11 is 0. The van der Waals surface area contributed by atoms with Gasteiger partial charge in [-0.25, -0.2) is 4.98 Å². The van der Waals surface area contributed by atoms with Gasteiger partial charge < -0.3 is 19.5 Å². The first-order valence-electron chi connectivity index (χ1n) is 7.74. The van der Waals surface area contributed by atoms with Gasteiger partial charge in [0.05, 0.1) is 6.61 Å². The summed E-state index contributed by atoms with van der Waals surface area (Å²) in [6.07, 6.45) is 4.16. The predicted molar refractivity (Wildman–Crippen MR) is 87.0 cm³/mol. The van der Waals surface area contributed by atoms with Crippen molar-refractivity contribution < 1.29 is 24.2 Å². The number of pyridine rings is 1. The summed E-state index contributed by atoms with van der Waals surface area (Å²) < 4.78 is 10.6. The number of nitrogens with zero attached hydrogens (tertiary/aromatic N) is 2. The van der Waals surface area contributed by atoms with Crippen LogP contribution in [-0.2, 0) is 9.53 Å². The van der Waals surface area contributed by atoms with Crippen molar-refractivity contribution >= 4 is 11.9 Å². The highest BCUT2D eigenvalue weighted by molar-refractivity contribution is 5.95. The Morgan fingerprint density at radius 2 is 2.33 bits per heavy atom. The van der Waals surface area contributed by atoms with Crippen LogP contribution in [0.1, 0.15) is 23.3 Å². The van der Waals surface area contributed by atoms with E-state index in [1.165, 1.54) is 18.2 Å². The van der Waals surface area contributed by atoms with Gasteiger partial charge in [-0.2, -0.15) is 0 Å². The standard InChI is InChI=1S/C17H22N2O5/c1-3-10-24-13-6-4-8-18-14(13)15(20)19-9-5-7-17(11-19,12-23-2)16(21)22/h3-4,6,8H,1,5,7,9-12H2,2H3,(H,21,22). The highest BCUT2D eigenvalue weighted by atomic mass is 16.5. The molecule has 1 aromatic rings. The van der Waals surface area contributed by atoms with Crippen molar-refractivity contribution in [2.75, 3.05) is 33.4 Å². The number of hydrogen-bond donors (Lipinski definition) is 1. The third-order valence-electron chi connectivity index (χ3n) is 4.07. The van der Waals surface area contributed by atoms with E-state index in [-0.39, 0.29) is 31.4 Å². The predicted octanol–water partition coefficient (Wildman–Crippen LogP) is 1.60. The molecule has 7 nitrogen and oxygen atoms in total. The van der Waals surface area contributed by atoms with Crippen LogP contribution in [0.4, 0.5) is 0 Å². The first-order valence-corrected chi connectivity index (χ1v) is 7.74. The summed E-state index contributed by atoms with van der Waals surface area (Å²) in [4.78, 5) is 30.2. The van der Waals surface area contributed by atoms with Crippen molar-refractivity contribution in [1.29, 1.82) is 0 Å². The molecule has 7 heteroatoms. The molecule has 0 radical (unpaired) electrons. The van der Waals surface area contributed by atoms with Gasteiger partial charge in [0.2, 0.25) is 0 Å². The van der Waals surface area contributed by atoms with Crippen molar-refractivity contribution in [1.82, 2.24) is 9.88 Å². The van der Waals surface area contributed by atoms with Gasteiger partial charge in [-0.05, 0) is 25.0 Å². The number of carboxylic acid groups (broad SMARTS) is 1. The lowest BCUT2D eigenvalue weighted by atomic mass is 9.80. The fourth-order valence-corrected chi connectivity index (χ4v) is 2.90. The number of likely N-dealkylation sites (tertiary alicyclic amines) is 1. The summed E-state index contributed by atoms with van der Waals surface area (Å²) in [7, 11) is 1.46. The van der Waals surface area contributed by atoms with Crippen LogP contribution < -0.4 is 4.74 Å². The molecule has 0 aromatic carbocycles. The fraction of sp³-hybridized carbons (Fsp3) is 0.471. The second-order valence-corrected chi connectivity index (χ2v) is 5.80. The van der Waals surface area contributed by atoms with E-state index < -0.39 is 11.4 Å². The Kier molecular flexibility index (Phi) is 5.92. The van der Waals surface area contributed by atoms with Gasteiger partial charge in [-0.1, -0.05) is 12.7 Å². The zero-order valence-electron chi connectivity index (χ0n) is 13.7. The van der Waals surface area contributed by atoms with Crippen LogP contribution in [0, 0.1) is 5.41 Å². The molecular formula is C17H22N2O5. The number of aliphatic carboxylic acids is 1. The molecule has 130 valence electrons. The Morgan fingerprint density at radius 3 is 3.00 bits per heavy atom. The molecule has 0 bridgehead atoms. The lowest BCUT2D eigenvalue weighted by Gasteiger charge is -2.39. The number of aromatic nitrogens is 1. The maximum atomic E-state index is 12.8. The van der Waals surface area contributed by atoms with Gasteiger partial charge in [0.1, 0.15) is 12.0 Å². The Labute approximate surface area is 140 Å². The first kappa shape index (κ1) is 17.9. The number of ether oxygens (including phenoxy) is 2. The van der Waals surface area contributed by atoms with Gasteiger partial charge in [0, 0.05) is 26.4 Å². The minimum Gasteiger partial charge on any atom is -0.487 e. The zero-order chi connectivity index (χ0) is 17.6. The molecule has 24 heavy (non-hydrogen) atoms. The summed E-state index contributed by atoms with van der Waals surface area (Å²) in [6.45, 7) is 4.47. The molecule has 1 aromatic heterocycles. The fourth-order valence-electron chi connectivity index (χ4n) is 2.90. The highest BCUT2D eigenvalue weighted by Crippen LogP contribution is 2.32. The largest absolute Gasteiger partial charge is 0.487 e. The van der Waals surface area contributed by atoms with Crippen LogP contribution in [0.15, 0.2) is 31.0 Å². The van der Waals surface area contributed by atoms with E-state index in [0.29, 0.717) is 25.1 Å². The number of carbonyl (C=O) groups is 2. The summed E-state index contributed by atoms with van der Waals surface area (Å²) in [5.41, 5.74) is -0.905. The number of hydrogen-bond acceptors (Lipinski definition) is 5. The molecule has 2 heterocycles. The average Bonchev–Trinajstić information content (AvgIpc) is 2.60. The van der Waals surface area contributed by atoms with Crippen LogP contribution in [0.3, 0.4) is 0 Å². The third-order valence-corrected chi connectivity index (χ3v) is 4.07. The van der Waals surface area contributed by atoms with Crippen molar-refractivity contribution in [2.24, 2.45) is 5.41 Å².